The molecule has 1 aromatic carbocycles. The van der Waals surface area contributed by atoms with Crippen molar-refractivity contribution in [2.24, 2.45) is 0 Å². The van der Waals surface area contributed by atoms with Crippen molar-refractivity contribution in [1.29, 1.82) is 0 Å². The van der Waals surface area contributed by atoms with Crippen LogP contribution in [0.4, 0.5) is 4.39 Å². The van der Waals surface area contributed by atoms with Gasteiger partial charge in [0.2, 0.25) is 0 Å². The minimum Gasteiger partial charge on any atom is -0.505 e. The Morgan fingerprint density at radius 3 is 2.87 bits per heavy atom. The van der Waals surface area contributed by atoms with E-state index in [9.17, 15) is 9.50 Å². The second kappa shape index (κ2) is 3.92. The van der Waals surface area contributed by atoms with Gasteiger partial charge in [-0.2, -0.15) is 0 Å². The van der Waals surface area contributed by atoms with E-state index in [-0.39, 0.29) is 23.6 Å². The number of ether oxygens (including phenoxy) is 2. The summed E-state index contributed by atoms with van der Waals surface area (Å²) in [5.74, 6) is -0.839. The summed E-state index contributed by atoms with van der Waals surface area (Å²) in [5, 5.41) is 17.8. The van der Waals surface area contributed by atoms with E-state index in [4.69, 9.17) is 14.7 Å². The van der Waals surface area contributed by atoms with Gasteiger partial charge in [-0.3, -0.25) is 0 Å². The topological polar surface area (TPSA) is 71.0 Å². The van der Waals surface area contributed by atoms with Crippen LogP contribution in [0.15, 0.2) is 6.07 Å². The molecule has 0 spiro atoms. The van der Waals surface area contributed by atoms with E-state index in [1.807, 2.05) is 5.48 Å². The standard InChI is InChI=1S/C9H10FNO4/c10-8-5(4-11-13)9-7(3-6(8)12)14-1-2-15-9/h3,11-13H,1-2,4H2. The van der Waals surface area contributed by atoms with Crippen LogP contribution < -0.4 is 15.0 Å². The zero-order valence-corrected chi connectivity index (χ0v) is 7.79. The third kappa shape index (κ3) is 1.69. The smallest absolute Gasteiger partial charge is 0.173 e. The molecule has 0 saturated carbocycles. The van der Waals surface area contributed by atoms with Gasteiger partial charge in [-0.25, -0.2) is 9.87 Å². The number of fused-ring (bicyclic) bond motifs is 1. The second-order valence-electron chi connectivity index (χ2n) is 3.05. The van der Waals surface area contributed by atoms with E-state index in [0.29, 0.717) is 13.2 Å². The molecule has 15 heavy (non-hydrogen) atoms. The van der Waals surface area contributed by atoms with E-state index in [1.165, 1.54) is 0 Å². The number of halogens is 1. The fourth-order valence-corrected chi connectivity index (χ4v) is 1.45. The summed E-state index contributed by atoms with van der Waals surface area (Å²) in [6.45, 7) is 0.506. The van der Waals surface area contributed by atoms with E-state index in [0.717, 1.165) is 6.07 Å². The molecular formula is C9H10FNO4. The summed E-state index contributed by atoms with van der Waals surface area (Å²) >= 11 is 0. The van der Waals surface area contributed by atoms with Crippen molar-refractivity contribution >= 4 is 0 Å². The predicted octanol–water partition coefficient (Wildman–Crippen LogP) is 0.781. The maximum Gasteiger partial charge on any atom is 0.173 e. The molecule has 0 unspecified atom stereocenters. The molecule has 6 heteroatoms. The average Bonchev–Trinajstić information content (AvgIpc) is 2.25. The van der Waals surface area contributed by atoms with Crippen LogP contribution >= 0.6 is 0 Å². The highest BCUT2D eigenvalue weighted by molar-refractivity contribution is 5.53. The lowest BCUT2D eigenvalue weighted by Crippen LogP contribution is -2.19. The number of phenols is 1. The fraction of sp³-hybridized carbons (Fsp3) is 0.333. The van der Waals surface area contributed by atoms with Gasteiger partial charge >= 0.3 is 0 Å². The predicted molar refractivity (Wildman–Crippen MR) is 47.7 cm³/mol. The number of hydroxylamine groups is 1. The number of rotatable bonds is 2. The molecule has 0 fully saturated rings. The number of phenolic OH excluding ortho intramolecular Hbond substituents is 1. The van der Waals surface area contributed by atoms with Crippen molar-refractivity contribution in [2.45, 2.75) is 6.54 Å². The van der Waals surface area contributed by atoms with Gasteiger partial charge in [-0.1, -0.05) is 0 Å². The fourth-order valence-electron chi connectivity index (χ4n) is 1.45. The number of hydrogen-bond acceptors (Lipinski definition) is 5. The molecule has 3 N–H and O–H groups in total. The minimum absolute atomic E-state index is 0.0483. The Labute approximate surface area is 85.0 Å². The number of benzene rings is 1. The van der Waals surface area contributed by atoms with Crippen LogP contribution in [0.5, 0.6) is 17.2 Å². The molecule has 1 heterocycles. The summed E-state index contributed by atoms with van der Waals surface area (Å²) in [6, 6.07) is 1.16. The molecule has 0 bridgehead atoms. The van der Waals surface area contributed by atoms with Crippen molar-refractivity contribution < 1.29 is 24.2 Å². The Hall–Kier alpha value is -1.53. The van der Waals surface area contributed by atoms with Gasteiger partial charge in [0.25, 0.3) is 0 Å². The molecule has 0 atom stereocenters. The molecular weight excluding hydrogens is 205 g/mol. The summed E-state index contributed by atoms with van der Waals surface area (Å²) in [7, 11) is 0. The maximum atomic E-state index is 13.4. The quantitative estimate of drug-likeness (QED) is 0.636. The van der Waals surface area contributed by atoms with Gasteiger partial charge < -0.3 is 19.8 Å². The van der Waals surface area contributed by atoms with Gasteiger partial charge in [0.05, 0.1) is 12.1 Å². The first kappa shape index (κ1) is 10.0. The highest BCUT2D eigenvalue weighted by Gasteiger charge is 2.22. The first-order valence-electron chi connectivity index (χ1n) is 4.41. The van der Waals surface area contributed by atoms with Crippen LogP contribution in [-0.2, 0) is 6.54 Å². The number of nitrogens with one attached hydrogen (secondary N) is 1. The molecule has 5 nitrogen and oxygen atoms in total. The average molecular weight is 215 g/mol. The van der Waals surface area contributed by atoms with Crippen molar-refractivity contribution in [3.05, 3.63) is 17.4 Å². The first-order valence-corrected chi connectivity index (χ1v) is 4.41. The molecule has 0 amide bonds. The molecule has 82 valence electrons. The molecule has 1 aliphatic heterocycles. The molecule has 1 aliphatic rings. The van der Waals surface area contributed by atoms with Crippen LogP contribution in [0.3, 0.4) is 0 Å². The van der Waals surface area contributed by atoms with Gasteiger partial charge in [-0.05, 0) is 0 Å². The molecule has 0 aliphatic carbocycles. The molecule has 1 aromatic rings. The lowest BCUT2D eigenvalue weighted by atomic mass is 10.1. The highest BCUT2D eigenvalue weighted by atomic mass is 19.1. The van der Waals surface area contributed by atoms with E-state index < -0.39 is 11.6 Å². The van der Waals surface area contributed by atoms with Crippen molar-refractivity contribution in [3.63, 3.8) is 0 Å². The van der Waals surface area contributed by atoms with Gasteiger partial charge in [0.1, 0.15) is 13.2 Å². The van der Waals surface area contributed by atoms with Gasteiger partial charge in [0, 0.05) is 6.07 Å². The molecule has 0 saturated heterocycles. The van der Waals surface area contributed by atoms with E-state index in [2.05, 4.69) is 0 Å². The number of aromatic hydroxyl groups is 1. The summed E-state index contributed by atoms with van der Waals surface area (Å²) < 4.78 is 23.8. The Morgan fingerprint density at radius 2 is 2.13 bits per heavy atom. The van der Waals surface area contributed by atoms with E-state index in [1.54, 1.807) is 0 Å². The molecule has 0 radical (unpaired) electrons. The minimum atomic E-state index is -0.819. The summed E-state index contributed by atoms with van der Waals surface area (Å²) in [6.07, 6.45) is 0. The SMILES string of the molecule is ONCc1c(F)c(O)cc2c1OCCO2. The van der Waals surface area contributed by atoms with Crippen molar-refractivity contribution in [3.8, 4) is 17.2 Å². The van der Waals surface area contributed by atoms with Crippen LogP contribution in [-0.4, -0.2) is 23.5 Å². The maximum absolute atomic E-state index is 13.4. The molecule has 0 aromatic heterocycles. The zero-order valence-electron chi connectivity index (χ0n) is 7.79. The Kier molecular flexibility index (Phi) is 2.61. The van der Waals surface area contributed by atoms with Crippen LogP contribution in [0.1, 0.15) is 5.56 Å². The van der Waals surface area contributed by atoms with Gasteiger partial charge in [-0.15, -0.1) is 0 Å². The third-order valence-electron chi connectivity index (χ3n) is 2.10. The largest absolute Gasteiger partial charge is 0.505 e. The lowest BCUT2D eigenvalue weighted by Gasteiger charge is -2.21. The van der Waals surface area contributed by atoms with Crippen molar-refractivity contribution in [1.82, 2.24) is 5.48 Å². The molecule has 2 rings (SSSR count). The summed E-state index contributed by atoms with van der Waals surface area (Å²) in [5.41, 5.74) is 1.86. The Bertz CT molecular complexity index is 383. The highest BCUT2D eigenvalue weighted by Crippen LogP contribution is 2.39. The third-order valence-corrected chi connectivity index (χ3v) is 2.10. The Morgan fingerprint density at radius 1 is 1.40 bits per heavy atom. The van der Waals surface area contributed by atoms with Gasteiger partial charge in [0.15, 0.2) is 23.1 Å². The normalized spacial score (nSPS) is 14.0. The number of hydrogen-bond donors (Lipinski definition) is 3. The summed E-state index contributed by atoms with van der Waals surface area (Å²) in [4.78, 5) is 0. The van der Waals surface area contributed by atoms with Crippen LogP contribution in [0, 0.1) is 5.82 Å². The lowest BCUT2D eigenvalue weighted by molar-refractivity contribution is 0.147. The Balaban J connectivity index is 2.52. The zero-order chi connectivity index (χ0) is 10.8. The first-order chi connectivity index (χ1) is 7.24. The monoisotopic (exact) mass is 215 g/mol. The van der Waals surface area contributed by atoms with E-state index >= 15 is 0 Å². The van der Waals surface area contributed by atoms with Crippen molar-refractivity contribution in [2.75, 3.05) is 13.2 Å². The second-order valence-corrected chi connectivity index (χ2v) is 3.05. The van der Waals surface area contributed by atoms with Crippen LogP contribution in [0.25, 0.3) is 0 Å². The van der Waals surface area contributed by atoms with Crippen LogP contribution in [0.2, 0.25) is 0 Å².